The topological polar surface area (TPSA) is 54.9 Å². The summed E-state index contributed by atoms with van der Waals surface area (Å²) in [4.78, 5) is 4.24. The van der Waals surface area contributed by atoms with Gasteiger partial charge in [0, 0.05) is 20.1 Å². The van der Waals surface area contributed by atoms with Gasteiger partial charge in [-0.1, -0.05) is 6.07 Å². The molecular formula is C17H27N3O2. The second-order valence-electron chi connectivity index (χ2n) is 5.62. The van der Waals surface area contributed by atoms with Crippen molar-refractivity contribution >= 4 is 5.96 Å². The van der Waals surface area contributed by atoms with Gasteiger partial charge in [-0.15, -0.1) is 0 Å². The Morgan fingerprint density at radius 3 is 2.59 bits per heavy atom. The molecule has 0 bridgehead atoms. The maximum Gasteiger partial charge on any atom is 0.190 e. The van der Waals surface area contributed by atoms with Crippen LogP contribution >= 0.6 is 0 Å². The highest BCUT2D eigenvalue weighted by molar-refractivity contribution is 5.79. The molecule has 0 atom stereocenters. The number of hydrogen-bond acceptors (Lipinski definition) is 3. The monoisotopic (exact) mass is 305 g/mol. The van der Waals surface area contributed by atoms with Gasteiger partial charge in [-0.05, 0) is 49.3 Å². The van der Waals surface area contributed by atoms with Gasteiger partial charge in [-0.3, -0.25) is 4.99 Å². The number of guanidine groups is 1. The molecule has 5 nitrogen and oxygen atoms in total. The molecule has 1 fully saturated rings. The molecule has 1 aromatic rings. The number of benzene rings is 1. The highest BCUT2D eigenvalue weighted by Gasteiger charge is 2.20. The minimum atomic E-state index is 0.772. The van der Waals surface area contributed by atoms with Crippen LogP contribution in [0.4, 0.5) is 0 Å². The Bertz CT molecular complexity index is 499. The standard InChI is InChI=1S/C17H27N3O2/c1-18-17(20-12-14-6-7-14)19-10-4-5-13-8-9-15(21-2)16(11-13)22-3/h8-9,11,14H,4-7,10,12H2,1-3H3,(H2,18,19,20). The van der Waals surface area contributed by atoms with Crippen molar-refractivity contribution in [2.45, 2.75) is 25.7 Å². The van der Waals surface area contributed by atoms with Gasteiger partial charge in [0.2, 0.25) is 0 Å². The zero-order valence-electron chi connectivity index (χ0n) is 13.8. The van der Waals surface area contributed by atoms with Crippen molar-refractivity contribution in [3.05, 3.63) is 23.8 Å². The summed E-state index contributed by atoms with van der Waals surface area (Å²) in [5.41, 5.74) is 1.25. The molecule has 1 saturated carbocycles. The van der Waals surface area contributed by atoms with Crippen LogP contribution in [0.5, 0.6) is 11.5 Å². The van der Waals surface area contributed by atoms with Crippen molar-refractivity contribution in [2.24, 2.45) is 10.9 Å². The molecule has 2 N–H and O–H groups in total. The summed E-state index contributed by atoms with van der Waals surface area (Å²) in [5, 5.41) is 6.72. The second-order valence-corrected chi connectivity index (χ2v) is 5.62. The lowest BCUT2D eigenvalue weighted by Crippen LogP contribution is -2.38. The first-order chi connectivity index (χ1) is 10.8. The van der Waals surface area contributed by atoms with Gasteiger partial charge in [0.1, 0.15) is 0 Å². The number of methoxy groups -OCH3 is 2. The Morgan fingerprint density at radius 1 is 1.18 bits per heavy atom. The van der Waals surface area contributed by atoms with Gasteiger partial charge >= 0.3 is 0 Å². The summed E-state index contributed by atoms with van der Waals surface area (Å²) >= 11 is 0. The number of aryl methyl sites for hydroxylation is 1. The number of ether oxygens (including phenoxy) is 2. The molecule has 0 unspecified atom stereocenters. The van der Waals surface area contributed by atoms with Gasteiger partial charge in [0.25, 0.3) is 0 Å². The quantitative estimate of drug-likeness (QED) is 0.439. The van der Waals surface area contributed by atoms with E-state index in [1.807, 2.05) is 19.2 Å². The highest BCUT2D eigenvalue weighted by Crippen LogP contribution is 2.28. The zero-order chi connectivity index (χ0) is 15.8. The summed E-state index contributed by atoms with van der Waals surface area (Å²) in [5.74, 6) is 3.31. The molecule has 5 heteroatoms. The summed E-state index contributed by atoms with van der Waals surface area (Å²) in [7, 11) is 5.14. The molecule has 0 radical (unpaired) electrons. The molecule has 122 valence electrons. The predicted molar refractivity (Wildman–Crippen MR) is 90.0 cm³/mol. The molecule has 0 amide bonds. The molecule has 2 rings (SSSR count). The van der Waals surface area contributed by atoms with Crippen molar-refractivity contribution in [3.63, 3.8) is 0 Å². The predicted octanol–water partition coefficient (Wildman–Crippen LogP) is 2.21. The molecule has 0 heterocycles. The van der Waals surface area contributed by atoms with Crippen LogP contribution in [0.25, 0.3) is 0 Å². The first-order valence-electron chi connectivity index (χ1n) is 7.92. The van der Waals surface area contributed by atoms with E-state index in [4.69, 9.17) is 9.47 Å². The third kappa shape index (κ3) is 5.13. The Balaban J connectivity index is 1.71. The molecule has 0 saturated heterocycles. The minimum Gasteiger partial charge on any atom is -0.493 e. The number of aliphatic imine (C=N–C) groups is 1. The maximum absolute atomic E-state index is 5.33. The molecule has 0 spiro atoms. The summed E-state index contributed by atoms with van der Waals surface area (Å²) < 4.78 is 10.6. The van der Waals surface area contributed by atoms with Crippen LogP contribution in [-0.2, 0) is 6.42 Å². The van der Waals surface area contributed by atoms with Gasteiger partial charge < -0.3 is 20.1 Å². The van der Waals surface area contributed by atoms with Gasteiger partial charge in [-0.25, -0.2) is 0 Å². The Hall–Kier alpha value is -1.91. The van der Waals surface area contributed by atoms with E-state index in [1.165, 1.54) is 18.4 Å². The van der Waals surface area contributed by atoms with E-state index >= 15 is 0 Å². The van der Waals surface area contributed by atoms with E-state index in [-0.39, 0.29) is 0 Å². The lowest BCUT2D eigenvalue weighted by molar-refractivity contribution is 0.354. The lowest BCUT2D eigenvalue weighted by atomic mass is 10.1. The van der Waals surface area contributed by atoms with E-state index in [9.17, 15) is 0 Å². The van der Waals surface area contributed by atoms with E-state index < -0.39 is 0 Å². The normalized spacial score (nSPS) is 14.6. The van der Waals surface area contributed by atoms with Gasteiger partial charge in [-0.2, -0.15) is 0 Å². The number of rotatable bonds is 8. The van der Waals surface area contributed by atoms with Gasteiger partial charge in [0.15, 0.2) is 17.5 Å². The average Bonchev–Trinajstić information content (AvgIpc) is 3.38. The second kappa shape index (κ2) is 8.51. The highest BCUT2D eigenvalue weighted by atomic mass is 16.5. The Labute approximate surface area is 133 Å². The molecular weight excluding hydrogens is 278 g/mol. The van der Waals surface area contributed by atoms with Crippen molar-refractivity contribution in [2.75, 3.05) is 34.4 Å². The van der Waals surface area contributed by atoms with E-state index in [2.05, 4.69) is 21.7 Å². The van der Waals surface area contributed by atoms with Crippen LogP contribution in [0.15, 0.2) is 23.2 Å². The van der Waals surface area contributed by atoms with Crippen molar-refractivity contribution in [3.8, 4) is 11.5 Å². The minimum absolute atomic E-state index is 0.772. The summed E-state index contributed by atoms with van der Waals surface area (Å²) in [6.45, 7) is 1.94. The van der Waals surface area contributed by atoms with E-state index in [0.717, 1.165) is 49.3 Å². The third-order valence-corrected chi connectivity index (χ3v) is 3.86. The Kier molecular flexibility index (Phi) is 6.37. The van der Waals surface area contributed by atoms with Crippen LogP contribution in [0.3, 0.4) is 0 Å². The maximum atomic E-state index is 5.33. The fourth-order valence-electron chi connectivity index (χ4n) is 2.32. The van der Waals surface area contributed by atoms with Crippen molar-refractivity contribution < 1.29 is 9.47 Å². The number of nitrogens with zero attached hydrogens (tertiary/aromatic N) is 1. The fraction of sp³-hybridized carbons (Fsp3) is 0.588. The molecule has 0 aromatic heterocycles. The first-order valence-corrected chi connectivity index (χ1v) is 7.92. The first kappa shape index (κ1) is 16.5. The zero-order valence-corrected chi connectivity index (χ0v) is 13.8. The fourth-order valence-corrected chi connectivity index (χ4v) is 2.32. The summed E-state index contributed by atoms with van der Waals surface area (Å²) in [6, 6.07) is 6.08. The molecule has 22 heavy (non-hydrogen) atoms. The summed E-state index contributed by atoms with van der Waals surface area (Å²) in [6.07, 6.45) is 4.74. The Morgan fingerprint density at radius 2 is 1.95 bits per heavy atom. The molecule has 0 aliphatic heterocycles. The molecule has 1 aromatic carbocycles. The van der Waals surface area contributed by atoms with Crippen LogP contribution in [0, 0.1) is 5.92 Å². The van der Waals surface area contributed by atoms with Crippen molar-refractivity contribution in [1.82, 2.24) is 10.6 Å². The number of nitrogens with one attached hydrogen (secondary N) is 2. The third-order valence-electron chi connectivity index (χ3n) is 3.86. The van der Waals surface area contributed by atoms with E-state index in [1.54, 1.807) is 14.2 Å². The SMILES string of the molecule is CN=C(NCCCc1ccc(OC)c(OC)c1)NCC1CC1. The van der Waals surface area contributed by atoms with Crippen LogP contribution in [0.1, 0.15) is 24.8 Å². The lowest BCUT2D eigenvalue weighted by Gasteiger charge is -2.12. The average molecular weight is 305 g/mol. The molecule has 1 aliphatic carbocycles. The van der Waals surface area contributed by atoms with Gasteiger partial charge in [0.05, 0.1) is 14.2 Å². The smallest absolute Gasteiger partial charge is 0.190 e. The van der Waals surface area contributed by atoms with Crippen LogP contribution < -0.4 is 20.1 Å². The number of hydrogen-bond donors (Lipinski definition) is 2. The molecule has 1 aliphatic rings. The van der Waals surface area contributed by atoms with Crippen molar-refractivity contribution in [1.29, 1.82) is 0 Å². The largest absolute Gasteiger partial charge is 0.493 e. The van der Waals surface area contributed by atoms with E-state index in [0.29, 0.717) is 0 Å². The van der Waals surface area contributed by atoms with Crippen LogP contribution in [0.2, 0.25) is 0 Å². The van der Waals surface area contributed by atoms with Crippen LogP contribution in [-0.4, -0.2) is 40.3 Å².